The fourth-order valence-corrected chi connectivity index (χ4v) is 3.61. The number of nitrogens with two attached hydrogens (primary N) is 1. The molecule has 1 aromatic carbocycles. The number of urea groups is 1. The van der Waals surface area contributed by atoms with Crippen LogP contribution in [0.5, 0.6) is 0 Å². The number of fused-ring (bicyclic) bond motifs is 1. The van der Waals surface area contributed by atoms with Crippen LogP contribution in [0.25, 0.3) is 0 Å². The summed E-state index contributed by atoms with van der Waals surface area (Å²) in [6, 6.07) is 8.31. The fourth-order valence-electron chi connectivity index (χ4n) is 3.61. The molecule has 0 bridgehead atoms. The predicted molar refractivity (Wildman–Crippen MR) is 99.6 cm³/mol. The highest BCUT2D eigenvalue weighted by atomic mass is 35.5. The predicted octanol–water partition coefficient (Wildman–Crippen LogP) is 1.52. The van der Waals surface area contributed by atoms with Crippen LogP contribution in [0.4, 0.5) is 4.79 Å². The molecule has 2 aliphatic heterocycles. The van der Waals surface area contributed by atoms with Crippen LogP contribution in [-0.4, -0.2) is 54.0 Å². The first-order valence-corrected chi connectivity index (χ1v) is 8.78. The van der Waals surface area contributed by atoms with Gasteiger partial charge in [-0.25, -0.2) is 4.79 Å². The molecule has 1 atom stereocenters. The van der Waals surface area contributed by atoms with Gasteiger partial charge in [-0.3, -0.25) is 4.79 Å². The maximum Gasteiger partial charge on any atom is 0.317 e. The minimum absolute atomic E-state index is 0. The van der Waals surface area contributed by atoms with Crippen LogP contribution >= 0.6 is 12.4 Å². The fraction of sp³-hybridized carbons (Fsp3) is 0.556. The van der Waals surface area contributed by atoms with Crippen LogP contribution in [0.1, 0.15) is 30.4 Å². The number of nitrogens with one attached hydrogen (secondary N) is 1. The highest BCUT2D eigenvalue weighted by Gasteiger charge is 2.27. The summed E-state index contributed by atoms with van der Waals surface area (Å²) in [5.41, 5.74) is 8.23. The zero-order valence-electron chi connectivity index (χ0n) is 14.4. The third-order valence-corrected chi connectivity index (χ3v) is 5.00. The quantitative estimate of drug-likeness (QED) is 0.847. The summed E-state index contributed by atoms with van der Waals surface area (Å²) >= 11 is 0. The Labute approximate surface area is 155 Å². The van der Waals surface area contributed by atoms with Crippen molar-refractivity contribution in [2.75, 3.05) is 26.2 Å². The molecule has 0 aliphatic carbocycles. The molecule has 1 unspecified atom stereocenters. The monoisotopic (exact) mass is 366 g/mol. The number of likely N-dealkylation sites (tertiary alicyclic amines) is 1. The standard InChI is InChI=1S/C18H26N4O2.ClH/c19-12-16-6-3-10-22(16)17(23)7-9-20-18(24)21-11-8-14-4-1-2-5-15(14)13-21;/h1-2,4-5,16H,3,6-13,19H2,(H,20,24);1H. The Balaban J connectivity index is 0.00000225. The molecule has 138 valence electrons. The number of rotatable bonds is 4. The minimum atomic E-state index is -0.0888. The third-order valence-electron chi connectivity index (χ3n) is 5.00. The van der Waals surface area contributed by atoms with Crippen molar-refractivity contribution in [3.8, 4) is 0 Å². The van der Waals surface area contributed by atoms with E-state index in [4.69, 9.17) is 5.73 Å². The first-order valence-electron chi connectivity index (χ1n) is 8.78. The van der Waals surface area contributed by atoms with Crippen molar-refractivity contribution in [3.63, 3.8) is 0 Å². The Morgan fingerprint density at radius 2 is 1.96 bits per heavy atom. The van der Waals surface area contributed by atoms with Gasteiger partial charge in [-0.1, -0.05) is 24.3 Å². The number of amides is 3. The second-order valence-corrected chi connectivity index (χ2v) is 6.54. The molecule has 6 nitrogen and oxygen atoms in total. The lowest BCUT2D eigenvalue weighted by Gasteiger charge is -2.29. The van der Waals surface area contributed by atoms with Gasteiger partial charge in [-0.15, -0.1) is 12.4 Å². The van der Waals surface area contributed by atoms with Crippen molar-refractivity contribution in [2.24, 2.45) is 5.73 Å². The Morgan fingerprint density at radius 1 is 1.20 bits per heavy atom. The van der Waals surface area contributed by atoms with E-state index in [0.717, 1.165) is 32.4 Å². The molecule has 25 heavy (non-hydrogen) atoms. The normalized spacial score (nSPS) is 19.2. The average Bonchev–Trinajstić information content (AvgIpc) is 3.10. The molecule has 7 heteroatoms. The lowest BCUT2D eigenvalue weighted by Crippen LogP contribution is -2.45. The van der Waals surface area contributed by atoms with Crippen LogP contribution in [0.2, 0.25) is 0 Å². The van der Waals surface area contributed by atoms with E-state index in [1.807, 2.05) is 21.9 Å². The van der Waals surface area contributed by atoms with E-state index < -0.39 is 0 Å². The molecule has 2 aliphatic rings. The van der Waals surface area contributed by atoms with Gasteiger partial charge in [0.05, 0.1) is 0 Å². The summed E-state index contributed by atoms with van der Waals surface area (Å²) in [5.74, 6) is 0.0900. The Hall–Kier alpha value is -1.79. The topological polar surface area (TPSA) is 78.7 Å². The largest absolute Gasteiger partial charge is 0.338 e. The summed E-state index contributed by atoms with van der Waals surface area (Å²) in [7, 11) is 0. The SMILES string of the molecule is Cl.NCC1CCCN1C(=O)CCNC(=O)N1CCc2ccccc2C1. The Kier molecular flexibility index (Phi) is 7.08. The molecule has 2 heterocycles. The number of carbonyl (C=O) groups excluding carboxylic acids is 2. The van der Waals surface area contributed by atoms with Crippen molar-refractivity contribution < 1.29 is 9.59 Å². The second-order valence-electron chi connectivity index (χ2n) is 6.54. The molecule has 0 saturated carbocycles. The van der Waals surface area contributed by atoms with Crippen molar-refractivity contribution in [1.82, 2.24) is 15.1 Å². The third kappa shape index (κ3) is 4.64. The molecule has 1 saturated heterocycles. The van der Waals surface area contributed by atoms with E-state index in [2.05, 4.69) is 17.4 Å². The van der Waals surface area contributed by atoms with E-state index in [-0.39, 0.29) is 30.4 Å². The molecule has 1 aromatic rings. The van der Waals surface area contributed by atoms with Crippen LogP contribution in [-0.2, 0) is 17.8 Å². The number of halogens is 1. The molecular formula is C18H27ClN4O2. The van der Waals surface area contributed by atoms with Gasteiger partial charge >= 0.3 is 6.03 Å². The van der Waals surface area contributed by atoms with Gasteiger partial charge in [-0.2, -0.15) is 0 Å². The molecule has 0 aromatic heterocycles. The van der Waals surface area contributed by atoms with E-state index in [1.165, 1.54) is 11.1 Å². The van der Waals surface area contributed by atoms with Gasteiger partial charge in [0.15, 0.2) is 0 Å². The van der Waals surface area contributed by atoms with Crippen molar-refractivity contribution in [2.45, 2.75) is 38.3 Å². The first-order chi connectivity index (χ1) is 11.7. The molecule has 3 rings (SSSR count). The van der Waals surface area contributed by atoms with Crippen LogP contribution < -0.4 is 11.1 Å². The molecule has 1 fully saturated rings. The van der Waals surface area contributed by atoms with Gasteiger partial charge in [0.25, 0.3) is 0 Å². The first kappa shape index (κ1) is 19.5. The highest BCUT2D eigenvalue weighted by molar-refractivity contribution is 5.85. The van der Waals surface area contributed by atoms with Crippen molar-refractivity contribution >= 4 is 24.3 Å². The number of hydrogen-bond acceptors (Lipinski definition) is 3. The molecular weight excluding hydrogens is 340 g/mol. The van der Waals surface area contributed by atoms with Crippen LogP contribution in [0, 0.1) is 0 Å². The maximum atomic E-state index is 12.3. The van der Waals surface area contributed by atoms with Crippen molar-refractivity contribution in [1.29, 1.82) is 0 Å². The average molecular weight is 367 g/mol. The minimum Gasteiger partial charge on any atom is -0.338 e. The number of carbonyl (C=O) groups is 2. The zero-order valence-corrected chi connectivity index (χ0v) is 15.3. The van der Waals surface area contributed by atoms with Gasteiger partial charge < -0.3 is 20.9 Å². The molecule has 0 spiro atoms. The lowest BCUT2D eigenvalue weighted by atomic mass is 10.0. The Bertz CT molecular complexity index is 610. The van der Waals surface area contributed by atoms with Gasteiger partial charge in [0, 0.05) is 45.2 Å². The number of benzene rings is 1. The highest BCUT2D eigenvalue weighted by Crippen LogP contribution is 2.19. The van der Waals surface area contributed by atoms with Gasteiger partial charge in [0.2, 0.25) is 5.91 Å². The van der Waals surface area contributed by atoms with Gasteiger partial charge in [-0.05, 0) is 30.4 Å². The van der Waals surface area contributed by atoms with E-state index in [0.29, 0.717) is 26.1 Å². The van der Waals surface area contributed by atoms with Crippen molar-refractivity contribution in [3.05, 3.63) is 35.4 Å². The van der Waals surface area contributed by atoms with E-state index >= 15 is 0 Å². The maximum absolute atomic E-state index is 12.3. The number of nitrogens with zero attached hydrogens (tertiary/aromatic N) is 2. The summed E-state index contributed by atoms with van der Waals surface area (Å²) in [6.07, 6.45) is 3.23. The molecule has 0 radical (unpaired) electrons. The smallest absolute Gasteiger partial charge is 0.317 e. The van der Waals surface area contributed by atoms with E-state index in [1.54, 1.807) is 0 Å². The number of hydrogen-bond donors (Lipinski definition) is 2. The van der Waals surface area contributed by atoms with E-state index in [9.17, 15) is 9.59 Å². The van der Waals surface area contributed by atoms with Crippen LogP contribution in [0.3, 0.4) is 0 Å². The molecule has 3 amide bonds. The zero-order chi connectivity index (χ0) is 16.9. The summed E-state index contributed by atoms with van der Waals surface area (Å²) < 4.78 is 0. The van der Waals surface area contributed by atoms with Crippen LogP contribution in [0.15, 0.2) is 24.3 Å². The summed E-state index contributed by atoms with van der Waals surface area (Å²) in [5, 5.41) is 2.88. The second kappa shape index (κ2) is 9.06. The molecule has 3 N–H and O–H groups in total. The summed E-state index contributed by atoms with van der Waals surface area (Å²) in [4.78, 5) is 28.2. The lowest BCUT2D eigenvalue weighted by molar-refractivity contribution is -0.131. The van der Waals surface area contributed by atoms with Gasteiger partial charge in [0.1, 0.15) is 0 Å². The summed E-state index contributed by atoms with van der Waals surface area (Å²) in [6.45, 7) is 3.04. The Morgan fingerprint density at radius 3 is 2.72 bits per heavy atom.